The van der Waals surface area contributed by atoms with Gasteiger partial charge in [0.2, 0.25) is 0 Å². The van der Waals surface area contributed by atoms with Crippen molar-refractivity contribution in [3.8, 4) is 0 Å². The molecule has 0 aromatic heterocycles. The third-order valence-electron chi connectivity index (χ3n) is 2.59. The number of hydrogen-bond donors (Lipinski definition) is 0. The van der Waals surface area contributed by atoms with Crippen molar-refractivity contribution < 1.29 is 0 Å². The summed E-state index contributed by atoms with van der Waals surface area (Å²) in [6.07, 6.45) is 0. The quantitative estimate of drug-likeness (QED) is 0.600. The normalized spacial score (nSPS) is 12.2. The van der Waals surface area contributed by atoms with E-state index in [-0.39, 0.29) is 0 Å². The van der Waals surface area contributed by atoms with E-state index in [9.17, 15) is 0 Å². The molecule has 0 rings (SSSR count). The van der Waals surface area contributed by atoms with E-state index in [2.05, 4.69) is 61.6 Å². The molecule has 0 aliphatic rings. The molecule has 0 N–H and O–H groups in total. The Bertz CT molecular complexity index is 166. The SMILES string of the molecule is C=C[Si](C=C)(N(C)C)N(CC)CC. The van der Waals surface area contributed by atoms with Gasteiger partial charge in [0.1, 0.15) is 0 Å². The highest BCUT2D eigenvalue weighted by atomic mass is 28.3. The molecule has 0 heterocycles. The summed E-state index contributed by atoms with van der Waals surface area (Å²) < 4.78 is 4.72. The van der Waals surface area contributed by atoms with Crippen molar-refractivity contribution in [2.45, 2.75) is 13.8 Å². The Morgan fingerprint density at radius 3 is 1.54 bits per heavy atom. The first kappa shape index (κ1) is 12.6. The Balaban J connectivity index is 4.93. The van der Waals surface area contributed by atoms with E-state index in [0.717, 1.165) is 13.1 Å². The molecule has 13 heavy (non-hydrogen) atoms. The van der Waals surface area contributed by atoms with E-state index in [0.29, 0.717) is 0 Å². The Morgan fingerprint density at radius 2 is 1.46 bits per heavy atom. The van der Waals surface area contributed by atoms with E-state index in [4.69, 9.17) is 0 Å². The van der Waals surface area contributed by atoms with Crippen molar-refractivity contribution >= 4 is 8.40 Å². The summed E-state index contributed by atoms with van der Waals surface area (Å²) in [5, 5.41) is 0. The summed E-state index contributed by atoms with van der Waals surface area (Å²) in [5.41, 5.74) is 4.15. The molecule has 0 aromatic carbocycles. The molecule has 0 bridgehead atoms. The second kappa shape index (κ2) is 5.37. The highest BCUT2D eigenvalue weighted by molar-refractivity contribution is 6.83. The Hall–Kier alpha value is -0.383. The van der Waals surface area contributed by atoms with E-state index in [1.165, 1.54) is 0 Å². The molecular formula is C10H22N2Si. The standard InChI is InChI=1S/C10H22N2Si/c1-7-12(8-2)13(9-3,10-4)11(5)6/h9-10H,3-4,7-8H2,1-2,5-6H3. The molecule has 0 radical (unpaired) electrons. The minimum atomic E-state index is -1.76. The van der Waals surface area contributed by atoms with Crippen LogP contribution in [-0.4, -0.2) is 44.7 Å². The molecule has 0 saturated carbocycles. The van der Waals surface area contributed by atoms with Crippen molar-refractivity contribution in [2.24, 2.45) is 0 Å². The van der Waals surface area contributed by atoms with Crippen LogP contribution in [0.5, 0.6) is 0 Å². The molecule has 0 saturated heterocycles. The van der Waals surface area contributed by atoms with Gasteiger partial charge in [0.25, 0.3) is 8.40 Å². The third kappa shape index (κ3) is 2.30. The van der Waals surface area contributed by atoms with E-state index >= 15 is 0 Å². The maximum Gasteiger partial charge on any atom is 0.256 e. The molecule has 3 heteroatoms. The maximum atomic E-state index is 3.95. The van der Waals surface area contributed by atoms with Crippen LogP contribution in [0.15, 0.2) is 24.6 Å². The van der Waals surface area contributed by atoms with Crippen molar-refractivity contribution in [3.05, 3.63) is 24.6 Å². The molecule has 0 aromatic rings. The summed E-state index contributed by atoms with van der Waals surface area (Å²) in [6, 6.07) is 0. The molecule has 0 unspecified atom stereocenters. The van der Waals surface area contributed by atoms with Crippen molar-refractivity contribution in [2.75, 3.05) is 27.2 Å². The van der Waals surface area contributed by atoms with Gasteiger partial charge in [0.15, 0.2) is 0 Å². The van der Waals surface area contributed by atoms with E-state index < -0.39 is 8.40 Å². The Kier molecular flexibility index (Phi) is 5.21. The highest BCUT2D eigenvalue weighted by Crippen LogP contribution is 2.14. The van der Waals surface area contributed by atoms with Gasteiger partial charge in [0, 0.05) is 0 Å². The lowest BCUT2D eigenvalue weighted by atomic mass is 10.7. The molecule has 0 amide bonds. The number of rotatable bonds is 6. The minimum Gasteiger partial charge on any atom is -0.311 e. The van der Waals surface area contributed by atoms with Crippen molar-refractivity contribution in [1.29, 1.82) is 0 Å². The van der Waals surface area contributed by atoms with E-state index in [1.807, 2.05) is 0 Å². The van der Waals surface area contributed by atoms with Crippen LogP contribution in [0.3, 0.4) is 0 Å². The van der Waals surface area contributed by atoms with Crippen LogP contribution in [-0.2, 0) is 0 Å². The van der Waals surface area contributed by atoms with Crippen molar-refractivity contribution in [1.82, 2.24) is 9.13 Å². The molecule has 0 aliphatic carbocycles. The van der Waals surface area contributed by atoms with Gasteiger partial charge in [-0.05, 0) is 27.2 Å². The monoisotopic (exact) mass is 198 g/mol. The van der Waals surface area contributed by atoms with Crippen LogP contribution in [0.1, 0.15) is 13.8 Å². The smallest absolute Gasteiger partial charge is 0.256 e. The number of hydrogen-bond acceptors (Lipinski definition) is 2. The summed E-state index contributed by atoms with van der Waals surface area (Å²) >= 11 is 0. The summed E-state index contributed by atoms with van der Waals surface area (Å²) in [6.45, 7) is 14.4. The lowest BCUT2D eigenvalue weighted by Crippen LogP contribution is -2.61. The minimum absolute atomic E-state index is 1.05. The first-order valence-corrected chi connectivity index (χ1v) is 6.83. The summed E-state index contributed by atoms with van der Waals surface area (Å²) in [4.78, 5) is 0. The predicted octanol–water partition coefficient (Wildman–Crippen LogP) is 1.78. The largest absolute Gasteiger partial charge is 0.311 e. The zero-order chi connectivity index (χ0) is 10.5. The first-order chi connectivity index (χ1) is 6.08. The average molecular weight is 198 g/mol. The average Bonchev–Trinajstić information content (AvgIpc) is 2.13. The van der Waals surface area contributed by atoms with Crippen LogP contribution in [0.4, 0.5) is 0 Å². The zero-order valence-corrected chi connectivity index (χ0v) is 10.4. The molecule has 0 atom stereocenters. The fourth-order valence-electron chi connectivity index (χ4n) is 1.72. The molecule has 2 nitrogen and oxygen atoms in total. The maximum absolute atomic E-state index is 3.95. The van der Waals surface area contributed by atoms with Gasteiger partial charge in [-0.1, -0.05) is 25.2 Å². The molecule has 0 fully saturated rings. The van der Waals surface area contributed by atoms with Gasteiger partial charge < -0.3 is 9.13 Å². The van der Waals surface area contributed by atoms with Gasteiger partial charge in [-0.25, -0.2) is 0 Å². The van der Waals surface area contributed by atoms with E-state index in [1.54, 1.807) is 0 Å². The van der Waals surface area contributed by atoms with Crippen LogP contribution in [0.25, 0.3) is 0 Å². The predicted molar refractivity (Wildman–Crippen MR) is 62.8 cm³/mol. The second-order valence-corrected chi connectivity index (χ2v) is 7.17. The van der Waals surface area contributed by atoms with Crippen LogP contribution >= 0.6 is 0 Å². The van der Waals surface area contributed by atoms with Crippen LogP contribution < -0.4 is 0 Å². The van der Waals surface area contributed by atoms with Crippen molar-refractivity contribution in [3.63, 3.8) is 0 Å². The molecule has 76 valence electrons. The summed E-state index contributed by atoms with van der Waals surface area (Å²) in [5.74, 6) is 0. The molecular weight excluding hydrogens is 176 g/mol. The summed E-state index contributed by atoms with van der Waals surface area (Å²) in [7, 11) is 2.45. The second-order valence-electron chi connectivity index (χ2n) is 3.26. The highest BCUT2D eigenvalue weighted by Gasteiger charge is 2.35. The number of nitrogens with zero attached hydrogens (tertiary/aromatic N) is 2. The van der Waals surface area contributed by atoms with Gasteiger partial charge in [-0.3, -0.25) is 0 Å². The first-order valence-electron chi connectivity index (χ1n) is 4.78. The van der Waals surface area contributed by atoms with Gasteiger partial charge in [-0.15, -0.1) is 13.2 Å². The van der Waals surface area contributed by atoms with Crippen LogP contribution in [0.2, 0.25) is 0 Å². The molecule has 0 spiro atoms. The Morgan fingerprint density at radius 1 is 1.08 bits per heavy atom. The fourth-order valence-corrected chi connectivity index (χ4v) is 4.71. The van der Waals surface area contributed by atoms with Gasteiger partial charge >= 0.3 is 0 Å². The Labute approximate surface area is 83.7 Å². The topological polar surface area (TPSA) is 6.48 Å². The van der Waals surface area contributed by atoms with Crippen LogP contribution in [0, 0.1) is 0 Å². The fraction of sp³-hybridized carbons (Fsp3) is 0.600. The van der Waals surface area contributed by atoms with Gasteiger partial charge in [0.05, 0.1) is 0 Å². The zero-order valence-electron chi connectivity index (χ0n) is 9.38. The third-order valence-corrected chi connectivity index (χ3v) is 6.87. The lowest BCUT2D eigenvalue weighted by molar-refractivity contribution is 0.417. The molecule has 0 aliphatic heterocycles. The van der Waals surface area contributed by atoms with Gasteiger partial charge in [-0.2, -0.15) is 0 Å². The lowest BCUT2D eigenvalue weighted by Gasteiger charge is -2.40.